The van der Waals surface area contributed by atoms with Gasteiger partial charge in [0.05, 0.1) is 5.75 Å². The Hall–Kier alpha value is -2.25. The smallest absolute Gasteiger partial charge is 0.217 e. The molecule has 1 fully saturated rings. The maximum Gasteiger partial charge on any atom is 0.217 e. The summed E-state index contributed by atoms with van der Waals surface area (Å²) in [6, 6.07) is 14.3. The van der Waals surface area contributed by atoms with Crippen LogP contribution in [0.5, 0.6) is 5.75 Å². The van der Waals surface area contributed by atoms with Crippen LogP contribution in [0.25, 0.3) is 0 Å². The number of pyridine rings is 1. The number of carbonyl (C=O) groups excluding carboxylic acids is 1. The average molecular weight is 374 g/mol. The molecule has 2 aromatic rings. The number of nitrogens with zero attached hydrogens (tertiary/aromatic N) is 2. The summed E-state index contributed by atoms with van der Waals surface area (Å²) in [7, 11) is -3.47. The van der Waals surface area contributed by atoms with E-state index < -0.39 is 10.0 Å². The Morgan fingerprint density at radius 2 is 1.92 bits per heavy atom. The Kier molecular flexibility index (Phi) is 6.00. The Balaban J connectivity index is 1.58. The number of benzene rings is 1. The van der Waals surface area contributed by atoms with Crippen molar-refractivity contribution in [3.05, 3.63) is 60.4 Å². The molecule has 7 heteroatoms. The molecule has 6 nitrogen and oxygen atoms in total. The van der Waals surface area contributed by atoms with Gasteiger partial charge in [-0.05, 0) is 37.1 Å². The van der Waals surface area contributed by atoms with Gasteiger partial charge in [0.1, 0.15) is 18.1 Å². The van der Waals surface area contributed by atoms with Gasteiger partial charge in [-0.2, -0.15) is 0 Å². The van der Waals surface area contributed by atoms with Gasteiger partial charge in [-0.3, -0.25) is 9.78 Å². The monoisotopic (exact) mass is 374 g/mol. The number of sulfonamides is 1. The van der Waals surface area contributed by atoms with Crippen molar-refractivity contribution in [3.63, 3.8) is 0 Å². The van der Waals surface area contributed by atoms with Crippen molar-refractivity contribution < 1.29 is 17.9 Å². The number of aromatic nitrogens is 1. The normalized spacial score (nSPS) is 18.4. The zero-order valence-electron chi connectivity index (χ0n) is 14.5. The molecule has 1 unspecified atom stereocenters. The molecule has 1 aliphatic heterocycles. The van der Waals surface area contributed by atoms with Crippen molar-refractivity contribution in [1.82, 2.24) is 9.29 Å². The minimum absolute atomic E-state index is 0.0850. The third-order valence-corrected chi connectivity index (χ3v) is 6.22. The van der Waals surface area contributed by atoms with E-state index in [0.29, 0.717) is 30.8 Å². The third-order valence-electron chi connectivity index (χ3n) is 4.42. The molecule has 0 aliphatic carbocycles. The first-order valence-corrected chi connectivity index (χ1v) is 10.3. The molecular formula is C19H22N2O4S. The van der Waals surface area contributed by atoms with Crippen LogP contribution in [0.1, 0.15) is 23.3 Å². The highest BCUT2D eigenvalue weighted by Gasteiger charge is 2.32. The Morgan fingerprint density at radius 3 is 2.65 bits per heavy atom. The van der Waals surface area contributed by atoms with Crippen LogP contribution in [-0.4, -0.2) is 48.9 Å². The molecule has 1 saturated heterocycles. The largest absolute Gasteiger partial charge is 0.492 e. The summed E-state index contributed by atoms with van der Waals surface area (Å²) in [6.45, 7) is 0.741. The van der Waals surface area contributed by atoms with E-state index in [9.17, 15) is 13.2 Å². The molecule has 26 heavy (non-hydrogen) atoms. The highest BCUT2D eigenvalue weighted by molar-refractivity contribution is 7.89. The van der Waals surface area contributed by atoms with Crippen molar-refractivity contribution in [2.24, 2.45) is 5.92 Å². The summed E-state index contributed by atoms with van der Waals surface area (Å²) >= 11 is 0. The maximum atomic E-state index is 12.6. The van der Waals surface area contributed by atoms with Gasteiger partial charge in [0, 0.05) is 25.2 Å². The van der Waals surface area contributed by atoms with Crippen molar-refractivity contribution in [2.75, 3.05) is 25.4 Å². The fraction of sp³-hybridized carbons (Fsp3) is 0.368. The van der Waals surface area contributed by atoms with E-state index in [-0.39, 0.29) is 30.6 Å². The van der Waals surface area contributed by atoms with Crippen molar-refractivity contribution in [3.8, 4) is 5.75 Å². The van der Waals surface area contributed by atoms with E-state index in [0.717, 1.165) is 0 Å². The van der Waals surface area contributed by atoms with E-state index in [1.807, 2.05) is 18.2 Å². The van der Waals surface area contributed by atoms with E-state index in [2.05, 4.69) is 4.98 Å². The summed E-state index contributed by atoms with van der Waals surface area (Å²) in [6.07, 6.45) is 2.93. The fourth-order valence-electron chi connectivity index (χ4n) is 3.04. The lowest BCUT2D eigenvalue weighted by Crippen LogP contribution is -2.44. The van der Waals surface area contributed by atoms with Gasteiger partial charge in [-0.15, -0.1) is 0 Å². The van der Waals surface area contributed by atoms with Crippen LogP contribution in [0.15, 0.2) is 54.7 Å². The number of Topliss-reactive ketones (excluding diaryl/α,β-unsaturated/α-hetero) is 1. The first kappa shape index (κ1) is 18.5. The van der Waals surface area contributed by atoms with Gasteiger partial charge in [-0.25, -0.2) is 12.7 Å². The number of hydrogen-bond acceptors (Lipinski definition) is 5. The number of ether oxygens (including phenoxy) is 1. The summed E-state index contributed by atoms with van der Waals surface area (Å²) in [5, 5.41) is 0. The number of rotatable bonds is 7. The lowest BCUT2D eigenvalue weighted by atomic mass is 9.93. The molecule has 0 N–H and O–H groups in total. The lowest BCUT2D eigenvalue weighted by molar-refractivity contribution is 0.0867. The predicted molar refractivity (Wildman–Crippen MR) is 98.6 cm³/mol. The molecule has 0 saturated carbocycles. The van der Waals surface area contributed by atoms with Crippen LogP contribution in [-0.2, 0) is 10.0 Å². The van der Waals surface area contributed by atoms with Gasteiger partial charge in [0.15, 0.2) is 5.78 Å². The molecule has 3 rings (SSSR count). The molecule has 2 heterocycles. The first-order chi connectivity index (χ1) is 12.6. The second kappa shape index (κ2) is 8.42. The third kappa shape index (κ3) is 4.68. The van der Waals surface area contributed by atoms with Gasteiger partial charge in [-0.1, -0.05) is 24.3 Å². The predicted octanol–water partition coefficient (Wildman–Crippen LogP) is 2.39. The summed E-state index contributed by atoms with van der Waals surface area (Å²) in [4.78, 5) is 16.6. The van der Waals surface area contributed by atoms with Crippen LogP contribution in [0.2, 0.25) is 0 Å². The second-order valence-corrected chi connectivity index (χ2v) is 8.34. The topological polar surface area (TPSA) is 76.6 Å². The molecule has 1 atom stereocenters. The van der Waals surface area contributed by atoms with E-state index in [1.165, 1.54) is 4.31 Å². The van der Waals surface area contributed by atoms with E-state index >= 15 is 0 Å². The molecule has 0 spiro atoms. The van der Waals surface area contributed by atoms with Gasteiger partial charge in [0.2, 0.25) is 10.0 Å². The van der Waals surface area contributed by atoms with Gasteiger partial charge < -0.3 is 4.74 Å². The lowest BCUT2D eigenvalue weighted by Gasteiger charge is -2.31. The minimum atomic E-state index is -3.47. The molecule has 138 valence electrons. The van der Waals surface area contributed by atoms with Gasteiger partial charge in [0.25, 0.3) is 0 Å². The van der Waals surface area contributed by atoms with Crippen LogP contribution >= 0.6 is 0 Å². The quantitative estimate of drug-likeness (QED) is 0.696. The SMILES string of the molecule is O=C(c1ccccn1)C1CCCN(S(=O)(=O)CCOc2ccccc2)C1. The molecule has 0 radical (unpaired) electrons. The van der Waals surface area contributed by atoms with Crippen LogP contribution in [0.3, 0.4) is 0 Å². The average Bonchev–Trinajstić information content (AvgIpc) is 2.69. The van der Waals surface area contributed by atoms with Gasteiger partial charge >= 0.3 is 0 Å². The zero-order valence-corrected chi connectivity index (χ0v) is 15.3. The fourth-order valence-corrected chi connectivity index (χ4v) is 4.40. The Labute approximate surface area is 153 Å². The molecule has 1 aliphatic rings. The minimum Gasteiger partial charge on any atom is -0.492 e. The highest BCUT2D eigenvalue weighted by atomic mass is 32.2. The molecular weight excluding hydrogens is 352 g/mol. The molecule has 1 aromatic heterocycles. The highest BCUT2D eigenvalue weighted by Crippen LogP contribution is 2.22. The number of ketones is 1. The summed E-state index contributed by atoms with van der Waals surface area (Å²) in [5.74, 6) is 0.103. The number of piperidine rings is 1. The molecule has 1 aromatic carbocycles. The maximum absolute atomic E-state index is 12.6. The molecule has 0 bridgehead atoms. The zero-order chi connectivity index (χ0) is 18.4. The number of carbonyl (C=O) groups is 1. The van der Waals surface area contributed by atoms with Crippen LogP contribution in [0.4, 0.5) is 0 Å². The summed E-state index contributed by atoms with van der Waals surface area (Å²) in [5.41, 5.74) is 0.393. The van der Waals surface area contributed by atoms with E-state index in [1.54, 1.807) is 36.5 Å². The number of hydrogen-bond donors (Lipinski definition) is 0. The van der Waals surface area contributed by atoms with Crippen LogP contribution in [0, 0.1) is 5.92 Å². The first-order valence-electron chi connectivity index (χ1n) is 8.67. The molecule has 0 amide bonds. The number of para-hydroxylation sites is 1. The van der Waals surface area contributed by atoms with Crippen molar-refractivity contribution in [1.29, 1.82) is 0 Å². The van der Waals surface area contributed by atoms with E-state index in [4.69, 9.17) is 4.74 Å². The van der Waals surface area contributed by atoms with Crippen LogP contribution < -0.4 is 4.74 Å². The summed E-state index contributed by atoms with van der Waals surface area (Å²) < 4.78 is 32.1. The van der Waals surface area contributed by atoms with Crippen molar-refractivity contribution in [2.45, 2.75) is 12.8 Å². The Bertz CT molecular complexity index is 825. The second-order valence-electron chi connectivity index (χ2n) is 6.25. The van der Waals surface area contributed by atoms with Crippen molar-refractivity contribution >= 4 is 15.8 Å². The Morgan fingerprint density at radius 1 is 1.15 bits per heavy atom. The standard InChI is InChI=1S/C19H22N2O4S/c22-19(18-10-4-5-11-20-18)16-7-6-12-21(15-16)26(23,24)14-13-25-17-8-2-1-3-9-17/h1-5,8-11,16H,6-7,12-15H2.